The second-order valence-corrected chi connectivity index (χ2v) is 7.76. The van der Waals surface area contributed by atoms with E-state index in [0.717, 1.165) is 24.1 Å². The summed E-state index contributed by atoms with van der Waals surface area (Å²) in [6.07, 6.45) is 5.09. The molecule has 0 saturated heterocycles. The van der Waals surface area contributed by atoms with Gasteiger partial charge in [0, 0.05) is 12.2 Å². The molecule has 1 saturated carbocycles. The van der Waals surface area contributed by atoms with Gasteiger partial charge < -0.3 is 15.8 Å². The Labute approximate surface area is 139 Å². The summed E-state index contributed by atoms with van der Waals surface area (Å²) in [5.74, 6) is 1.24. The number of aromatic nitrogens is 1. The molecule has 1 aliphatic carbocycles. The van der Waals surface area contributed by atoms with Crippen molar-refractivity contribution in [2.45, 2.75) is 65.0 Å². The number of rotatable bonds is 2. The summed E-state index contributed by atoms with van der Waals surface area (Å²) in [6.45, 7) is 10.1. The van der Waals surface area contributed by atoms with Crippen LogP contribution in [-0.2, 0) is 4.74 Å². The number of nitrogens with two attached hydrogens (primary N) is 1. The van der Waals surface area contributed by atoms with E-state index in [0.29, 0.717) is 17.8 Å². The predicted octanol–water partition coefficient (Wildman–Crippen LogP) is 3.71. The minimum absolute atomic E-state index is 0.0890. The van der Waals surface area contributed by atoms with Crippen LogP contribution < -0.4 is 11.1 Å². The lowest BCUT2D eigenvalue weighted by molar-refractivity contribution is 0.0448. The highest BCUT2D eigenvalue weighted by Gasteiger charge is 2.35. The molecule has 5 heteroatoms. The summed E-state index contributed by atoms with van der Waals surface area (Å²) in [4.78, 5) is 16.2. The van der Waals surface area contributed by atoms with Crippen LogP contribution in [0.25, 0.3) is 0 Å². The number of nitrogens with zero attached hydrogens (tertiary/aromatic N) is 1. The highest BCUT2D eigenvalue weighted by atomic mass is 16.6. The molecule has 3 N–H and O–H groups in total. The Morgan fingerprint density at radius 1 is 1.35 bits per heavy atom. The van der Waals surface area contributed by atoms with Gasteiger partial charge in [-0.2, -0.15) is 0 Å². The Balaban J connectivity index is 2.10. The van der Waals surface area contributed by atoms with Gasteiger partial charge in [-0.25, -0.2) is 4.79 Å². The summed E-state index contributed by atoms with van der Waals surface area (Å²) in [5, 5.41) is 3.06. The standard InChI is InChI=1S/C18H29N3O2/c1-11-8-13(14-6-7-20-10-15(14)19)9-16(12(11)2)21-17(22)23-18(3,4)5/h6-7,10-13,16H,8-9,19H2,1-5H3,(H,21,22)/t11-,12+,13+,16+/m0/s1. The normalized spacial score (nSPS) is 28.2. The maximum atomic E-state index is 12.1. The van der Waals surface area contributed by atoms with Gasteiger partial charge in [0.05, 0.1) is 11.9 Å². The predicted molar refractivity (Wildman–Crippen MR) is 92.1 cm³/mol. The average molecular weight is 319 g/mol. The fourth-order valence-electron chi connectivity index (χ4n) is 3.37. The van der Waals surface area contributed by atoms with Gasteiger partial charge in [-0.05, 0) is 63.0 Å². The summed E-state index contributed by atoms with van der Waals surface area (Å²) in [5.41, 5.74) is 7.47. The van der Waals surface area contributed by atoms with Crippen LogP contribution in [0.1, 0.15) is 58.9 Å². The van der Waals surface area contributed by atoms with Crippen LogP contribution in [0.2, 0.25) is 0 Å². The number of hydrogen-bond donors (Lipinski definition) is 2. The summed E-state index contributed by atoms with van der Waals surface area (Å²) in [7, 11) is 0. The molecule has 128 valence electrons. The Bertz CT molecular complexity index is 553. The fraction of sp³-hybridized carbons (Fsp3) is 0.667. The largest absolute Gasteiger partial charge is 0.444 e. The van der Waals surface area contributed by atoms with E-state index < -0.39 is 5.60 Å². The van der Waals surface area contributed by atoms with E-state index >= 15 is 0 Å². The number of amides is 1. The fourth-order valence-corrected chi connectivity index (χ4v) is 3.37. The maximum Gasteiger partial charge on any atom is 0.407 e. The van der Waals surface area contributed by atoms with Gasteiger partial charge in [0.15, 0.2) is 0 Å². The van der Waals surface area contributed by atoms with Crippen molar-refractivity contribution in [1.82, 2.24) is 10.3 Å². The first-order valence-corrected chi connectivity index (χ1v) is 8.36. The van der Waals surface area contributed by atoms with Crippen molar-refractivity contribution in [2.75, 3.05) is 5.73 Å². The Kier molecular flexibility index (Phi) is 5.17. The molecule has 1 amide bonds. The van der Waals surface area contributed by atoms with E-state index in [2.05, 4.69) is 24.1 Å². The molecule has 5 nitrogen and oxygen atoms in total. The number of nitrogens with one attached hydrogen (secondary N) is 1. The third-order valence-corrected chi connectivity index (χ3v) is 4.76. The molecule has 23 heavy (non-hydrogen) atoms. The van der Waals surface area contributed by atoms with Gasteiger partial charge in [-0.15, -0.1) is 0 Å². The first-order chi connectivity index (χ1) is 10.7. The zero-order chi connectivity index (χ0) is 17.2. The lowest BCUT2D eigenvalue weighted by Crippen LogP contribution is -2.47. The number of nitrogen functional groups attached to an aromatic ring is 1. The molecule has 0 aliphatic heterocycles. The molecule has 2 rings (SSSR count). The quantitative estimate of drug-likeness (QED) is 0.871. The molecule has 0 unspecified atom stereocenters. The highest BCUT2D eigenvalue weighted by Crippen LogP contribution is 2.41. The molecule has 1 aromatic rings. The number of pyridine rings is 1. The van der Waals surface area contributed by atoms with Crippen molar-refractivity contribution in [3.63, 3.8) is 0 Å². The van der Waals surface area contributed by atoms with Crippen molar-refractivity contribution in [1.29, 1.82) is 0 Å². The third-order valence-electron chi connectivity index (χ3n) is 4.76. The third kappa shape index (κ3) is 4.60. The Hall–Kier alpha value is -1.78. The average Bonchev–Trinajstić information content (AvgIpc) is 2.42. The van der Waals surface area contributed by atoms with Crippen molar-refractivity contribution >= 4 is 11.8 Å². The molecule has 0 spiro atoms. The maximum absolute atomic E-state index is 12.1. The summed E-state index contributed by atoms with van der Waals surface area (Å²) in [6, 6.07) is 2.08. The van der Waals surface area contributed by atoms with Crippen molar-refractivity contribution in [2.24, 2.45) is 11.8 Å². The summed E-state index contributed by atoms with van der Waals surface area (Å²) < 4.78 is 5.40. The highest BCUT2D eigenvalue weighted by molar-refractivity contribution is 5.68. The van der Waals surface area contributed by atoms with E-state index in [1.165, 1.54) is 0 Å². The minimum Gasteiger partial charge on any atom is -0.444 e. The molecule has 1 fully saturated rings. The van der Waals surface area contributed by atoms with E-state index in [1.54, 1.807) is 12.4 Å². The van der Waals surface area contributed by atoms with Gasteiger partial charge >= 0.3 is 6.09 Å². The van der Waals surface area contributed by atoms with Gasteiger partial charge in [-0.3, -0.25) is 4.98 Å². The first kappa shape index (κ1) is 17.6. The first-order valence-electron chi connectivity index (χ1n) is 8.36. The van der Waals surface area contributed by atoms with Crippen LogP contribution in [0.5, 0.6) is 0 Å². The van der Waals surface area contributed by atoms with Crippen LogP contribution >= 0.6 is 0 Å². The lowest BCUT2D eigenvalue weighted by atomic mass is 9.70. The summed E-state index contributed by atoms with van der Waals surface area (Å²) >= 11 is 0. The second kappa shape index (κ2) is 6.77. The molecular formula is C18H29N3O2. The zero-order valence-electron chi connectivity index (χ0n) is 14.8. The lowest BCUT2D eigenvalue weighted by Gasteiger charge is -2.39. The molecule has 0 aromatic carbocycles. The van der Waals surface area contributed by atoms with Crippen LogP contribution in [0.15, 0.2) is 18.5 Å². The van der Waals surface area contributed by atoms with E-state index in [9.17, 15) is 4.79 Å². The van der Waals surface area contributed by atoms with E-state index in [1.807, 2.05) is 26.8 Å². The molecular weight excluding hydrogens is 290 g/mol. The van der Waals surface area contributed by atoms with Crippen molar-refractivity contribution in [3.8, 4) is 0 Å². The van der Waals surface area contributed by atoms with Crippen LogP contribution in [0, 0.1) is 11.8 Å². The molecule has 0 radical (unpaired) electrons. The number of anilines is 1. The van der Waals surface area contributed by atoms with Crippen LogP contribution in [0.3, 0.4) is 0 Å². The SMILES string of the molecule is C[C@@H]1[C@@H](C)C[C@@H](c2ccncc2N)C[C@H]1NC(=O)OC(C)(C)C. The molecule has 1 heterocycles. The van der Waals surface area contributed by atoms with E-state index in [-0.39, 0.29) is 12.1 Å². The molecule has 1 aromatic heterocycles. The second-order valence-electron chi connectivity index (χ2n) is 7.76. The van der Waals surface area contributed by atoms with Gasteiger partial charge in [0.25, 0.3) is 0 Å². The van der Waals surface area contributed by atoms with Crippen LogP contribution in [0.4, 0.5) is 10.5 Å². The van der Waals surface area contributed by atoms with Crippen LogP contribution in [-0.4, -0.2) is 22.7 Å². The van der Waals surface area contributed by atoms with Gasteiger partial charge in [0.2, 0.25) is 0 Å². The Morgan fingerprint density at radius 3 is 2.65 bits per heavy atom. The molecule has 0 bridgehead atoms. The minimum atomic E-state index is -0.484. The van der Waals surface area contributed by atoms with Gasteiger partial charge in [-0.1, -0.05) is 13.8 Å². The number of ether oxygens (including phenoxy) is 1. The number of hydrogen-bond acceptors (Lipinski definition) is 4. The van der Waals surface area contributed by atoms with Gasteiger partial charge in [0.1, 0.15) is 5.60 Å². The smallest absolute Gasteiger partial charge is 0.407 e. The monoisotopic (exact) mass is 319 g/mol. The number of carbonyl (C=O) groups is 1. The van der Waals surface area contributed by atoms with Crippen molar-refractivity contribution < 1.29 is 9.53 Å². The molecule has 1 aliphatic rings. The number of carbonyl (C=O) groups excluding carboxylic acids is 1. The van der Waals surface area contributed by atoms with Crippen molar-refractivity contribution in [3.05, 3.63) is 24.0 Å². The zero-order valence-corrected chi connectivity index (χ0v) is 14.8. The molecule has 4 atom stereocenters. The number of alkyl carbamates (subject to hydrolysis) is 1. The Morgan fingerprint density at radius 2 is 2.04 bits per heavy atom. The van der Waals surface area contributed by atoms with E-state index in [4.69, 9.17) is 10.5 Å². The topological polar surface area (TPSA) is 77.2 Å².